The summed E-state index contributed by atoms with van der Waals surface area (Å²) in [6.07, 6.45) is 7.13. The molecule has 3 heteroatoms. The standard InChI is InChI=1S/C22H28O2S/c1-3-5-7-13-23-17-9-11-21-19(15-17)20-16-18(10-12-22(20)25-21)24-14-8-6-4-2/h9-12,15-16H,3-8,13-14H2,1-2H3. The van der Waals surface area contributed by atoms with Crippen LogP contribution < -0.4 is 9.47 Å². The lowest BCUT2D eigenvalue weighted by Crippen LogP contribution is -1.96. The monoisotopic (exact) mass is 356 g/mol. The van der Waals surface area contributed by atoms with Crippen molar-refractivity contribution in [3.05, 3.63) is 36.4 Å². The van der Waals surface area contributed by atoms with E-state index in [0.717, 1.165) is 37.6 Å². The van der Waals surface area contributed by atoms with E-state index < -0.39 is 0 Å². The number of fused-ring (bicyclic) bond motifs is 3. The van der Waals surface area contributed by atoms with Crippen molar-refractivity contribution >= 4 is 31.5 Å². The first-order valence-electron chi connectivity index (χ1n) is 9.53. The fourth-order valence-electron chi connectivity index (χ4n) is 3.00. The molecular weight excluding hydrogens is 328 g/mol. The van der Waals surface area contributed by atoms with Crippen LogP contribution in [0, 0.1) is 0 Å². The largest absolute Gasteiger partial charge is 0.494 e. The average molecular weight is 357 g/mol. The molecule has 0 aliphatic heterocycles. The molecule has 0 saturated heterocycles. The van der Waals surface area contributed by atoms with Crippen molar-refractivity contribution in [2.24, 2.45) is 0 Å². The van der Waals surface area contributed by atoms with Gasteiger partial charge >= 0.3 is 0 Å². The van der Waals surface area contributed by atoms with Crippen LogP contribution in [-0.4, -0.2) is 13.2 Å². The summed E-state index contributed by atoms with van der Waals surface area (Å²) in [6.45, 7) is 6.03. The first-order chi connectivity index (χ1) is 12.3. The molecule has 0 aliphatic carbocycles. The molecule has 1 aromatic heterocycles. The van der Waals surface area contributed by atoms with Crippen LogP contribution in [0.25, 0.3) is 20.2 Å². The van der Waals surface area contributed by atoms with Crippen LogP contribution in [0.15, 0.2) is 36.4 Å². The molecule has 3 rings (SSSR count). The lowest BCUT2D eigenvalue weighted by molar-refractivity contribution is 0.306. The summed E-state index contributed by atoms with van der Waals surface area (Å²) in [4.78, 5) is 0. The van der Waals surface area contributed by atoms with Gasteiger partial charge in [0.25, 0.3) is 0 Å². The van der Waals surface area contributed by atoms with E-state index in [4.69, 9.17) is 9.47 Å². The van der Waals surface area contributed by atoms with Gasteiger partial charge in [0.2, 0.25) is 0 Å². The summed E-state index contributed by atoms with van der Waals surface area (Å²) < 4.78 is 14.5. The molecule has 2 aromatic carbocycles. The third-order valence-electron chi connectivity index (χ3n) is 4.45. The highest BCUT2D eigenvalue weighted by Gasteiger charge is 2.08. The molecule has 0 unspecified atom stereocenters. The molecule has 0 radical (unpaired) electrons. The summed E-state index contributed by atoms with van der Waals surface area (Å²) >= 11 is 1.83. The molecule has 134 valence electrons. The van der Waals surface area contributed by atoms with Crippen LogP contribution in [-0.2, 0) is 0 Å². The number of ether oxygens (including phenoxy) is 2. The van der Waals surface area contributed by atoms with Gasteiger partial charge in [-0.1, -0.05) is 39.5 Å². The Morgan fingerprint density at radius 2 is 1.16 bits per heavy atom. The van der Waals surface area contributed by atoms with Crippen molar-refractivity contribution in [1.82, 2.24) is 0 Å². The molecule has 1 heterocycles. The molecule has 0 spiro atoms. The Kier molecular flexibility index (Phi) is 6.57. The van der Waals surface area contributed by atoms with Crippen molar-refractivity contribution in [2.75, 3.05) is 13.2 Å². The zero-order valence-electron chi connectivity index (χ0n) is 15.3. The van der Waals surface area contributed by atoms with E-state index in [0.29, 0.717) is 0 Å². The molecule has 0 amide bonds. The van der Waals surface area contributed by atoms with Gasteiger partial charge in [0.05, 0.1) is 13.2 Å². The maximum atomic E-state index is 5.93. The summed E-state index contributed by atoms with van der Waals surface area (Å²) in [6, 6.07) is 12.9. The Bertz CT molecular complexity index is 740. The number of hydrogen-bond donors (Lipinski definition) is 0. The maximum absolute atomic E-state index is 5.93. The average Bonchev–Trinajstić information content (AvgIpc) is 3.00. The van der Waals surface area contributed by atoms with E-state index >= 15 is 0 Å². The third-order valence-corrected chi connectivity index (χ3v) is 5.60. The number of hydrogen-bond acceptors (Lipinski definition) is 3. The number of benzene rings is 2. The summed E-state index contributed by atoms with van der Waals surface area (Å²) in [7, 11) is 0. The van der Waals surface area contributed by atoms with Gasteiger partial charge in [0, 0.05) is 20.2 Å². The van der Waals surface area contributed by atoms with Gasteiger partial charge in [-0.25, -0.2) is 0 Å². The van der Waals surface area contributed by atoms with Crippen LogP contribution in [0.5, 0.6) is 11.5 Å². The third kappa shape index (κ3) is 4.66. The highest BCUT2D eigenvalue weighted by molar-refractivity contribution is 7.25. The maximum Gasteiger partial charge on any atom is 0.120 e. The second-order valence-electron chi connectivity index (χ2n) is 6.53. The van der Waals surface area contributed by atoms with E-state index in [1.165, 1.54) is 45.9 Å². The molecule has 0 atom stereocenters. The minimum Gasteiger partial charge on any atom is -0.494 e. The van der Waals surface area contributed by atoms with E-state index in [-0.39, 0.29) is 0 Å². The van der Waals surface area contributed by atoms with Gasteiger partial charge in [-0.2, -0.15) is 0 Å². The fourth-order valence-corrected chi connectivity index (χ4v) is 4.07. The molecule has 3 aromatic rings. The Morgan fingerprint density at radius 1 is 0.680 bits per heavy atom. The second-order valence-corrected chi connectivity index (χ2v) is 7.61. The predicted molar refractivity (Wildman–Crippen MR) is 109 cm³/mol. The molecule has 2 nitrogen and oxygen atoms in total. The smallest absolute Gasteiger partial charge is 0.120 e. The first-order valence-corrected chi connectivity index (χ1v) is 10.4. The highest BCUT2D eigenvalue weighted by Crippen LogP contribution is 2.37. The van der Waals surface area contributed by atoms with Crippen molar-refractivity contribution in [3.8, 4) is 11.5 Å². The van der Waals surface area contributed by atoms with E-state index in [1.807, 2.05) is 11.3 Å². The van der Waals surface area contributed by atoms with Crippen LogP contribution >= 0.6 is 11.3 Å². The Balaban J connectivity index is 1.77. The molecule has 0 saturated carbocycles. The molecule has 0 bridgehead atoms. The van der Waals surface area contributed by atoms with Gasteiger partial charge in [-0.15, -0.1) is 11.3 Å². The second kappa shape index (κ2) is 9.10. The molecular formula is C22H28O2S. The molecule has 0 aliphatic rings. The Morgan fingerprint density at radius 3 is 1.60 bits per heavy atom. The van der Waals surface area contributed by atoms with Gasteiger partial charge in [-0.05, 0) is 49.2 Å². The minimum atomic E-state index is 0.799. The molecule has 0 N–H and O–H groups in total. The van der Waals surface area contributed by atoms with Crippen molar-refractivity contribution in [2.45, 2.75) is 52.4 Å². The summed E-state index contributed by atoms with van der Waals surface area (Å²) in [5.74, 6) is 1.94. The van der Waals surface area contributed by atoms with Crippen molar-refractivity contribution < 1.29 is 9.47 Å². The van der Waals surface area contributed by atoms with Crippen molar-refractivity contribution in [1.29, 1.82) is 0 Å². The van der Waals surface area contributed by atoms with Gasteiger partial charge < -0.3 is 9.47 Å². The lowest BCUT2D eigenvalue weighted by Gasteiger charge is -2.07. The number of unbranched alkanes of at least 4 members (excludes halogenated alkanes) is 4. The number of thiophene rings is 1. The molecule has 25 heavy (non-hydrogen) atoms. The van der Waals surface area contributed by atoms with E-state index in [2.05, 4.69) is 50.2 Å². The normalized spacial score (nSPS) is 11.3. The van der Waals surface area contributed by atoms with Gasteiger partial charge in [-0.3, -0.25) is 0 Å². The summed E-state index contributed by atoms with van der Waals surface area (Å²) in [5.41, 5.74) is 0. The van der Waals surface area contributed by atoms with Crippen molar-refractivity contribution in [3.63, 3.8) is 0 Å². The van der Waals surface area contributed by atoms with E-state index in [1.54, 1.807) is 0 Å². The topological polar surface area (TPSA) is 18.5 Å². The molecule has 0 fully saturated rings. The lowest BCUT2D eigenvalue weighted by atomic mass is 10.1. The van der Waals surface area contributed by atoms with Crippen LogP contribution in [0.4, 0.5) is 0 Å². The Hall–Kier alpha value is -1.74. The van der Waals surface area contributed by atoms with E-state index in [9.17, 15) is 0 Å². The van der Waals surface area contributed by atoms with Crippen LogP contribution in [0.3, 0.4) is 0 Å². The Labute approximate surface area is 154 Å². The SMILES string of the molecule is CCCCCOc1ccc2sc3ccc(OCCCCC)cc3c2c1. The zero-order valence-corrected chi connectivity index (χ0v) is 16.2. The minimum absolute atomic E-state index is 0.799. The quantitative estimate of drug-likeness (QED) is 0.358. The van der Waals surface area contributed by atoms with Crippen LogP contribution in [0.1, 0.15) is 52.4 Å². The zero-order chi connectivity index (χ0) is 17.5. The summed E-state index contributed by atoms with van der Waals surface area (Å²) in [5, 5.41) is 2.54. The van der Waals surface area contributed by atoms with Gasteiger partial charge in [0.15, 0.2) is 0 Å². The highest BCUT2D eigenvalue weighted by atomic mass is 32.1. The fraction of sp³-hybridized carbons (Fsp3) is 0.455. The predicted octanol–water partition coefficient (Wildman–Crippen LogP) is 7.19. The van der Waals surface area contributed by atoms with Gasteiger partial charge in [0.1, 0.15) is 11.5 Å². The number of rotatable bonds is 10. The van der Waals surface area contributed by atoms with Crippen LogP contribution in [0.2, 0.25) is 0 Å². The first kappa shape index (κ1) is 18.1.